The van der Waals surface area contributed by atoms with E-state index in [2.05, 4.69) is 28.9 Å². The van der Waals surface area contributed by atoms with E-state index in [1.54, 1.807) is 6.20 Å². The number of likely N-dealkylation sites (tertiary alicyclic amines) is 1. The third-order valence-corrected chi connectivity index (χ3v) is 3.77. The smallest absolute Gasteiger partial charge is 0.129 e. The minimum absolute atomic E-state index is 0.424. The Hall–Kier alpha value is -1.20. The van der Waals surface area contributed by atoms with Crippen molar-refractivity contribution in [3.63, 3.8) is 0 Å². The van der Waals surface area contributed by atoms with Gasteiger partial charge in [-0.05, 0) is 38.6 Å². The number of hydrogen-bond donors (Lipinski definition) is 1. The molecule has 1 aromatic heterocycles. The summed E-state index contributed by atoms with van der Waals surface area (Å²) < 4.78 is 0. The van der Waals surface area contributed by atoms with Gasteiger partial charge >= 0.3 is 0 Å². The summed E-state index contributed by atoms with van der Waals surface area (Å²) in [6, 6.07) is 4.33. The number of anilines is 1. The van der Waals surface area contributed by atoms with E-state index >= 15 is 0 Å². The van der Waals surface area contributed by atoms with Crippen LogP contribution in [-0.4, -0.2) is 48.1 Å². The molecule has 2 N–H and O–H groups in total. The molecule has 0 bridgehead atoms. The largest absolute Gasteiger partial charge is 0.389 e. The third kappa shape index (κ3) is 2.97. The van der Waals surface area contributed by atoms with Crippen molar-refractivity contribution < 1.29 is 0 Å². The number of aromatic nitrogens is 1. The predicted molar refractivity (Wildman–Crippen MR) is 79.0 cm³/mol. The van der Waals surface area contributed by atoms with Gasteiger partial charge in [0, 0.05) is 31.4 Å². The molecule has 1 fully saturated rings. The number of hydrogen-bond acceptors (Lipinski definition) is 4. The molecule has 1 saturated heterocycles. The highest BCUT2D eigenvalue weighted by Crippen LogP contribution is 2.19. The number of pyridine rings is 1. The van der Waals surface area contributed by atoms with Crippen LogP contribution in [0.1, 0.15) is 18.4 Å². The van der Waals surface area contributed by atoms with Crippen LogP contribution in [0.25, 0.3) is 0 Å². The minimum Gasteiger partial charge on any atom is -0.389 e. The van der Waals surface area contributed by atoms with Gasteiger partial charge in [0.1, 0.15) is 10.8 Å². The lowest BCUT2D eigenvalue weighted by molar-refractivity contribution is 0.247. The first-order valence-corrected chi connectivity index (χ1v) is 6.66. The second-order valence-corrected chi connectivity index (χ2v) is 5.38. The summed E-state index contributed by atoms with van der Waals surface area (Å²) in [7, 11) is 4.26. The second kappa shape index (κ2) is 5.63. The maximum absolute atomic E-state index is 5.66. The zero-order chi connectivity index (χ0) is 13.1. The third-order valence-electron chi connectivity index (χ3n) is 3.54. The first-order valence-electron chi connectivity index (χ1n) is 6.25. The monoisotopic (exact) mass is 264 g/mol. The van der Waals surface area contributed by atoms with Gasteiger partial charge in [0.2, 0.25) is 0 Å². The summed E-state index contributed by atoms with van der Waals surface area (Å²) in [6.07, 6.45) is 4.22. The molecule has 0 amide bonds. The number of nitrogens with two attached hydrogens (primary N) is 1. The second-order valence-electron chi connectivity index (χ2n) is 4.94. The molecule has 1 aliphatic rings. The molecular formula is C13H20N4S. The Morgan fingerprint density at radius 3 is 3.06 bits per heavy atom. The van der Waals surface area contributed by atoms with Crippen molar-refractivity contribution in [2.24, 2.45) is 5.73 Å². The summed E-state index contributed by atoms with van der Waals surface area (Å²) in [6.45, 7) is 2.26. The first-order chi connectivity index (χ1) is 8.58. The van der Waals surface area contributed by atoms with Gasteiger partial charge in [-0.15, -0.1) is 0 Å². The Morgan fingerprint density at radius 1 is 1.61 bits per heavy atom. The summed E-state index contributed by atoms with van der Waals surface area (Å²) >= 11 is 5.01. The van der Waals surface area contributed by atoms with Crippen molar-refractivity contribution in [1.29, 1.82) is 0 Å². The van der Waals surface area contributed by atoms with Crippen LogP contribution in [0.5, 0.6) is 0 Å². The summed E-state index contributed by atoms with van der Waals surface area (Å²) in [5, 5.41) is 0. The summed E-state index contributed by atoms with van der Waals surface area (Å²) in [5.41, 5.74) is 6.54. The van der Waals surface area contributed by atoms with E-state index in [-0.39, 0.29) is 0 Å². The van der Waals surface area contributed by atoms with Gasteiger partial charge in [0.05, 0.1) is 0 Å². The Bertz CT molecular complexity index is 435. The molecule has 1 unspecified atom stereocenters. The molecule has 1 atom stereocenters. The van der Waals surface area contributed by atoms with Gasteiger partial charge in [-0.25, -0.2) is 4.98 Å². The normalized spacial score (nSPS) is 20.7. The molecule has 0 spiro atoms. The lowest BCUT2D eigenvalue weighted by Gasteiger charge is -2.36. The fraction of sp³-hybridized carbons (Fsp3) is 0.538. The van der Waals surface area contributed by atoms with Crippen LogP contribution < -0.4 is 10.6 Å². The van der Waals surface area contributed by atoms with E-state index in [0.29, 0.717) is 11.0 Å². The molecule has 4 nitrogen and oxygen atoms in total. The maximum atomic E-state index is 5.66. The average Bonchev–Trinajstić information content (AvgIpc) is 2.38. The topological polar surface area (TPSA) is 45.4 Å². The van der Waals surface area contributed by atoms with Crippen LogP contribution in [0.3, 0.4) is 0 Å². The van der Waals surface area contributed by atoms with E-state index in [0.717, 1.165) is 17.9 Å². The van der Waals surface area contributed by atoms with Crippen LogP contribution >= 0.6 is 12.2 Å². The molecule has 0 aliphatic carbocycles. The Kier molecular flexibility index (Phi) is 4.14. The zero-order valence-electron chi connectivity index (χ0n) is 11.0. The first kappa shape index (κ1) is 13.2. The summed E-state index contributed by atoms with van der Waals surface area (Å²) in [5.74, 6) is 0.945. The van der Waals surface area contributed by atoms with Crippen molar-refractivity contribution in [2.75, 3.05) is 32.1 Å². The van der Waals surface area contributed by atoms with Gasteiger partial charge < -0.3 is 15.5 Å². The van der Waals surface area contributed by atoms with Crippen molar-refractivity contribution in [2.45, 2.75) is 18.9 Å². The molecule has 1 aliphatic heterocycles. The SMILES string of the molecule is CN1CCCC(N(C)c2cc(C(N)=S)ccn2)C1. The number of rotatable bonds is 3. The van der Waals surface area contributed by atoms with E-state index in [4.69, 9.17) is 18.0 Å². The van der Waals surface area contributed by atoms with Crippen LogP contribution in [0.15, 0.2) is 18.3 Å². The van der Waals surface area contributed by atoms with Crippen LogP contribution in [0.4, 0.5) is 5.82 Å². The Labute approximate surface area is 114 Å². The molecule has 1 aromatic rings. The molecule has 5 heteroatoms. The molecule has 2 heterocycles. The fourth-order valence-electron chi connectivity index (χ4n) is 2.41. The van der Waals surface area contributed by atoms with Gasteiger partial charge in [0.15, 0.2) is 0 Å². The van der Waals surface area contributed by atoms with Crippen LogP contribution in [0, 0.1) is 0 Å². The van der Waals surface area contributed by atoms with E-state index in [9.17, 15) is 0 Å². The van der Waals surface area contributed by atoms with E-state index < -0.39 is 0 Å². The van der Waals surface area contributed by atoms with Crippen molar-refractivity contribution in [3.8, 4) is 0 Å². The molecule has 0 radical (unpaired) electrons. The van der Waals surface area contributed by atoms with Crippen LogP contribution in [0.2, 0.25) is 0 Å². The Morgan fingerprint density at radius 2 is 2.39 bits per heavy atom. The highest BCUT2D eigenvalue weighted by Gasteiger charge is 2.22. The maximum Gasteiger partial charge on any atom is 0.129 e. The molecule has 2 rings (SSSR count). The number of nitrogens with zero attached hydrogens (tertiary/aromatic N) is 3. The molecular weight excluding hydrogens is 244 g/mol. The van der Waals surface area contributed by atoms with Crippen LogP contribution in [-0.2, 0) is 0 Å². The number of piperidine rings is 1. The predicted octanol–water partition coefficient (Wildman–Crippen LogP) is 1.25. The molecule has 98 valence electrons. The van der Waals surface area contributed by atoms with Gasteiger partial charge in [0.25, 0.3) is 0 Å². The highest BCUT2D eigenvalue weighted by molar-refractivity contribution is 7.80. The van der Waals surface area contributed by atoms with Gasteiger partial charge in [-0.3, -0.25) is 0 Å². The van der Waals surface area contributed by atoms with Gasteiger partial charge in [-0.1, -0.05) is 12.2 Å². The van der Waals surface area contributed by atoms with Crippen molar-refractivity contribution >= 4 is 23.0 Å². The van der Waals surface area contributed by atoms with E-state index in [1.807, 2.05) is 12.1 Å². The number of likely N-dealkylation sites (N-methyl/N-ethyl adjacent to an activating group) is 2. The molecule has 18 heavy (non-hydrogen) atoms. The Balaban J connectivity index is 2.14. The lowest BCUT2D eigenvalue weighted by Crippen LogP contribution is -2.45. The standard InChI is InChI=1S/C13H20N4S/c1-16-7-3-4-11(9-16)17(2)12-8-10(13(14)18)5-6-15-12/h5-6,8,11H,3-4,7,9H2,1-2H3,(H2,14,18). The lowest BCUT2D eigenvalue weighted by atomic mass is 10.0. The van der Waals surface area contributed by atoms with Crippen molar-refractivity contribution in [3.05, 3.63) is 23.9 Å². The highest BCUT2D eigenvalue weighted by atomic mass is 32.1. The van der Waals surface area contributed by atoms with Gasteiger partial charge in [-0.2, -0.15) is 0 Å². The molecule has 0 aromatic carbocycles. The quantitative estimate of drug-likeness (QED) is 0.832. The average molecular weight is 264 g/mol. The summed E-state index contributed by atoms with van der Waals surface area (Å²) in [4.78, 5) is 9.43. The zero-order valence-corrected chi connectivity index (χ0v) is 11.8. The molecule has 0 saturated carbocycles. The number of thiocarbonyl (C=S) groups is 1. The van der Waals surface area contributed by atoms with Crippen molar-refractivity contribution in [1.82, 2.24) is 9.88 Å². The minimum atomic E-state index is 0.424. The van der Waals surface area contributed by atoms with E-state index in [1.165, 1.54) is 19.4 Å². The fourth-order valence-corrected chi connectivity index (χ4v) is 2.53.